The molecule has 1 fully saturated rings. The maximum Gasteiger partial charge on any atom is 0.292 e. The molecule has 2 aromatic carbocycles. The summed E-state index contributed by atoms with van der Waals surface area (Å²) in [6.45, 7) is 2.56. The number of anilines is 1. The lowest BCUT2D eigenvalue weighted by molar-refractivity contribution is -0.383. The van der Waals surface area contributed by atoms with Crippen LogP contribution in [0.4, 0.5) is 11.4 Å². The molecule has 1 heterocycles. The van der Waals surface area contributed by atoms with Gasteiger partial charge in [-0.05, 0) is 50.6 Å². The number of ether oxygens (including phenoxy) is 2. The van der Waals surface area contributed by atoms with Crippen molar-refractivity contribution in [1.82, 2.24) is 4.90 Å². The molecule has 0 saturated carbocycles. The molecule has 8 nitrogen and oxygen atoms in total. The topological polar surface area (TPSA) is 93.9 Å². The molecule has 0 spiro atoms. The maximum absolute atomic E-state index is 12.9. The number of carbonyl (C=O) groups is 1. The van der Waals surface area contributed by atoms with Gasteiger partial charge >= 0.3 is 0 Å². The molecule has 0 aromatic heterocycles. The molecule has 1 saturated heterocycles. The van der Waals surface area contributed by atoms with E-state index in [1.807, 2.05) is 25.1 Å². The first-order chi connectivity index (χ1) is 14.0. The van der Waals surface area contributed by atoms with Crippen molar-refractivity contribution in [2.24, 2.45) is 0 Å². The minimum absolute atomic E-state index is 0.00782. The van der Waals surface area contributed by atoms with Gasteiger partial charge in [-0.25, -0.2) is 0 Å². The summed E-state index contributed by atoms with van der Waals surface area (Å²) in [7, 11) is 3.23. The summed E-state index contributed by atoms with van der Waals surface area (Å²) in [5.74, 6) is 1.19. The summed E-state index contributed by atoms with van der Waals surface area (Å²) in [5, 5.41) is 13.9. The number of hydrogen-bond acceptors (Lipinski definition) is 6. The Morgan fingerprint density at radius 3 is 2.69 bits per heavy atom. The molecule has 0 radical (unpaired) electrons. The summed E-state index contributed by atoms with van der Waals surface area (Å²) in [5.41, 5.74) is 1.04. The van der Waals surface area contributed by atoms with Crippen LogP contribution < -0.4 is 14.8 Å². The van der Waals surface area contributed by atoms with Crippen LogP contribution in [0.1, 0.15) is 31.4 Å². The van der Waals surface area contributed by atoms with Crippen LogP contribution in [0.2, 0.25) is 0 Å². The summed E-state index contributed by atoms with van der Waals surface area (Å²) in [4.78, 5) is 25.7. The van der Waals surface area contributed by atoms with Gasteiger partial charge in [-0.3, -0.25) is 19.8 Å². The maximum atomic E-state index is 12.9. The lowest BCUT2D eigenvalue weighted by Crippen LogP contribution is -2.41. The van der Waals surface area contributed by atoms with E-state index in [-0.39, 0.29) is 23.3 Å². The van der Waals surface area contributed by atoms with Crippen molar-refractivity contribution >= 4 is 17.3 Å². The van der Waals surface area contributed by atoms with Gasteiger partial charge in [0.05, 0.1) is 25.2 Å². The third-order valence-electron chi connectivity index (χ3n) is 5.33. The highest BCUT2D eigenvalue weighted by molar-refractivity contribution is 5.96. The second kappa shape index (κ2) is 8.91. The Morgan fingerprint density at radius 1 is 1.24 bits per heavy atom. The Balaban J connectivity index is 1.83. The highest BCUT2D eigenvalue weighted by atomic mass is 16.6. The van der Waals surface area contributed by atoms with Crippen LogP contribution in [0.15, 0.2) is 42.5 Å². The molecular formula is C21H25N3O5. The van der Waals surface area contributed by atoms with Gasteiger partial charge < -0.3 is 14.8 Å². The first-order valence-electron chi connectivity index (χ1n) is 9.48. The molecule has 1 N–H and O–H groups in total. The van der Waals surface area contributed by atoms with E-state index >= 15 is 0 Å². The number of nitro groups is 1. The fraction of sp³-hybridized carbons (Fsp3) is 0.381. The van der Waals surface area contributed by atoms with Crippen molar-refractivity contribution in [2.75, 3.05) is 26.1 Å². The van der Waals surface area contributed by atoms with E-state index < -0.39 is 11.0 Å². The number of para-hydroxylation sites is 2. The smallest absolute Gasteiger partial charge is 0.292 e. The van der Waals surface area contributed by atoms with E-state index in [1.54, 1.807) is 26.4 Å². The number of nitrogens with zero attached hydrogens (tertiary/aromatic N) is 2. The monoisotopic (exact) mass is 399 g/mol. The number of carbonyl (C=O) groups excluding carboxylic acids is 1. The number of hydrogen-bond donors (Lipinski definition) is 1. The molecule has 8 heteroatoms. The molecule has 0 aliphatic carbocycles. The second-order valence-electron chi connectivity index (χ2n) is 6.94. The van der Waals surface area contributed by atoms with Crippen molar-refractivity contribution in [3.63, 3.8) is 0 Å². The van der Waals surface area contributed by atoms with Gasteiger partial charge in [0.2, 0.25) is 5.91 Å². The van der Waals surface area contributed by atoms with Gasteiger partial charge in [-0.15, -0.1) is 0 Å². The number of benzene rings is 2. The molecule has 0 bridgehead atoms. The van der Waals surface area contributed by atoms with Crippen LogP contribution >= 0.6 is 0 Å². The molecule has 1 aliphatic heterocycles. The fourth-order valence-electron chi connectivity index (χ4n) is 3.81. The van der Waals surface area contributed by atoms with E-state index in [2.05, 4.69) is 10.2 Å². The van der Waals surface area contributed by atoms with Crippen LogP contribution in [-0.4, -0.2) is 42.5 Å². The van der Waals surface area contributed by atoms with Crippen molar-refractivity contribution in [3.05, 3.63) is 58.1 Å². The van der Waals surface area contributed by atoms with Crippen molar-refractivity contribution in [1.29, 1.82) is 0 Å². The van der Waals surface area contributed by atoms with Gasteiger partial charge in [0, 0.05) is 17.7 Å². The molecule has 29 heavy (non-hydrogen) atoms. The Labute approximate surface area is 169 Å². The number of rotatable bonds is 7. The average Bonchev–Trinajstić information content (AvgIpc) is 3.22. The highest BCUT2D eigenvalue weighted by Crippen LogP contribution is 2.40. The Hall–Kier alpha value is -3.13. The van der Waals surface area contributed by atoms with E-state index in [0.717, 1.165) is 36.4 Å². The summed E-state index contributed by atoms with van der Waals surface area (Å²) in [6, 6.07) is 11.3. The van der Waals surface area contributed by atoms with Crippen molar-refractivity contribution in [2.45, 2.75) is 31.8 Å². The van der Waals surface area contributed by atoms with E-state index in [1.165, 1.54) is 12.1 Å². The number of amides is 1. The lowest BCUT2D eigenvalue weighted by Gasteiger charge is -2.31. The molecule has 3 rings (SSSR count). The van der Waals surface area contributed by atoms with Gasteiger partial charge in [0.1, 0.15) is 17.2 Å². The minimum Gasteiger partial charge on any atom is -0.497 e. The molecule has 1 aliphatic rings. The zero-order chi connectivity index (χ0) is 21.0. The zero-order valence-electron chi connectivity index (χ0n) is 16.8. The zero-order valence-corrected chi connectivity index (χ0v) is 16.8. The molecule has 0 unspecified atom stereocenters. The van der Waals surface area contributed by atoms with Gasteiger partial charge in [-0.1, -0.05) is 12.1 Å². The quantitative estimate of drug-likeness (QED) is 0.563. The van der Waals surface area contributed by atoms with Crippen LogP contribution in [-0.2, 0) is 4.79 Å². The molecule has 154 valence electrons. The van der Waals surface area contributed by atoms with Crippen LogP contribution in [0, 0.1) is 10.1 Å². The number of methoxy groups -OCH3 is 2. The standard InChI is InChI=1S/C21H25N3O5/c1-14(21(25)22-17-7-4-5-8-19(17)24(26)27)23-12-6-9-18(23)16-13-15(28-2)10-11-20(16)29-3/h4-5,7-8,10-11,13-14,18H,6,9,12H2,1-3H3,(H,22,25)/t14-,18+/m0/s1. The number of nitrogens with one attached hydrogen (secondary N) is 1. The third-order valence-corrected chi connectivity index (χ3v) is 5.33. The normalized spacial score (nSPS) is 17.6. The predicted octanol–water partition coefficient (Wildman–Crippen LogP) is 3.78. The molecular weight excluding hydrogens is 374 g/mol. The Kier molecular flexibility index (Phi) is 6.33. The number of likely N-dealkylation sites (tertiary alicyclic amines) is 1. The van der Waals surface area contributed by atoms with Crippen LogP contribution in [0.3, 0.4) is 0 Å². The average molecular weight is 399 g/mol. The SMILES string of the molecule is COc1ccc(OC)c([C@H]2CCCN2[C@@H](C)C(=O)Nc2ccccc2[N+](=O)[O-])c1. The van der Waals surface area contributed by atoms with Gasteiger partial charge in [-0.2, -0.15) is 0 Å². The minimum atomic E-state index is -0.500. The summed E-state index contributed by atoms with van der Waals surface area (Å²) >= 11 is 0. The molecule has 2 atom stereocenters. The first kappa shape index (κ1) is 20.6. The largest absolute Gasteiger partial charge is 0.497 e. The lowest BCUT2D eigenvalue weighted by atomic mass is 10.0. The Morgan fingerprint density at radius 2 is 2.00 bits per heavy atom. The van der Waals surface area contributed by atoms with Crippen LogP contribution in [0.25, 0.3) is 0 Å². The fourth-order valence-corrected chi connectivity index (χ4v) is 3.81. The highest BCUT2D eigenvalue weighted by Gasteiger charge is 2.35. The number of nitro benzene ring substituents is 1. The van der Waals surface area contributed by atoms with Crippen molar-refractivity contribution < 1.29 is 19.2 Å². The second-order valence-corrected chi connectivity index (χ2v) is 6.94. The predicted molar refractivity (Wildman–Crippen MR) is 109 cm³/mol. The first-order valence-corrected chi connectivity index (χ1v) is 9.48. The molecule has 1 amide bonds. The summed E-state index contributed by atoms with van der Waals surface area (Å²) < 4.78 is 10.9. The Bertz CT molecular complexity index is 902. The van der Waals surface area contributed by atoms with Gasteiger partial charge in [0.25, 0.3) is 5.69 Å². The third kappa shape index (κ3) is 4.32. The van der Waals surface area contributed by atoms with E-state index in [4.69, 9.17) is 9.47 Å². The van der Waals surface area contributed by atoms with Crippen molar-refractivity contribution in [3.8, 4) is 11.5 Å². The van der Waals surface area contributed by atoms with E-state index in [0.29, 0.717) is 0 Å². The summed E-state index contributed by atoms with van der Waals surface area (Å²) in [6.07, 6.45) is 1.82. The molecule has 2 aromatic rings. The van der Waals surface area contributed by atoms with Gasteiger partial charge in [0.15, 0.2) is 0 Å². The van der Waals surface area contributed by atoms with E-state index in [9.17, 15) is 14.9 Å². The van der Waals surface area contributed by atoms with Crippen LogP contribution in [0.5, 0.6) is 11.5 Å².